The van der Waals surface area contributed by atoms with Crippen LogP contribution in [0.5, 0.6) is 0 Å². The highest BCUT2D eigenvalue weighted by Crippen LogP contribution is 2.33. The number of thiazole rings is 1. The maximum Gasteiger partial charge on any atom is 0.293 e. The molecule has 0 aliphatic heterocycles. The fraction of sp³-hybridized carbons (Fsp3) is 0.182. The molecule has 0 saturated carbocycles. The van der Waals surface area contributed by atoms with E-state index in [1.54, 1.807) is 12.1 Å². The number of hydrogen-bond acceptors (Lipinski definition) is 7. The van der Waals surface area contributed by atoms with Crippen LogP contribution in [0.2, 0.25) is 0 Å². The number of nitrogens with one attached hydrogen (secondary N) is 2. The third-order valence-electron chi connectivity index (χ3n) is 2.72. The second-order valence-electron chi connectivity index (χ2n) is 4.11. The zero-order chi connectivity index (χ0) is 14.1. The Morgan fingerprint density at radius 3 is 3.05 bits per heavy atom. The van der Waals surface area contributed by atoms with Crippen LogP contribution in [0.4, 0.5) is 11.4 Å². The number of nitro benzene ring substituents is 1. The van der Waals surface area contributed by atoms with Crippen LogP contribution in [0.15, 0.2) is 18.5 Å². The van der Waals surface area contributed by atoms with Gasteiger partial charge in [-0.15, -0.1) is 11.3 Å². The van der Waals surface area contributed by atoms with Gasteiger partial charge in [0.1, 0.15) is 17.8 Å². The first-order valence-corrected chi connectivity index (χ1v) is 6.59. The van der Waals surface area contributed by atoms with E-state index < -0.39 is 4.92 Å². The number of aromatic amines is 1. The molecular weight excluding hydrogens is 280 g/mol. The van der Waals surface area contributed by atoms with Crippen molar-refractivity contribution in [1.29, 1.82) is 0 Å². The van der Waals surface area contributed by atoms with Gasteiger partial charge in [0.25, 0.3) is 5.69 Å². The number of benzene rings is 1. The molecule has 0 bridgehead atoms. The minimum absolute atomic E-state index is 0.0284. The molecule has 2 aromatic heterocycles. The van der Waals surface area contributed by atoms with Crippen molar-refractivity contribution in [3.05, 3.63) is 39.4 Å². The summed E-state index contributed by atoms with van der Waals surface area (Å²) in [6, 6.07) is 3.23. The molecule has 20 heavy (non-hydrogen) atoms. The van der Waals surface area contributed by atoms with Crippen LogP contribution >= 0.6 is 11.3 Å². The van der Waals surface area contributed by atoms with Crippen molar-refractivity contribution in [3.8, 4) is 0 Å². The van der Waals surface area contributed by atoms with Gasteiger partial charge in [0.05, 0.1) is 26.7 Å². The average molecular weight is 290 g/mol. The molecule has 9 heteroatoms. The number of hydrogen-bond donors (Lipinski definition) is 2. The van der Waals surface area contributed by atoms with Gasteiger partial charge >= 0.3 is 0 Å². The summed E-state index contributed by atoms with van der Waals surface area (Å²) >= 11 is 1.44. The van der Waals surface area contributed by atoms with Crippen LogP contribution in [-0.2, 0) is 6.54 Å². The molecule has 102 valence electrons. The highest BCUT2D eigenvalue weighted by molar-refractivity contribution is 7.18. The molecule has 0 aliphatic carbocycles. The van der Waals surface area contributed by atoms with Crippen molar-refractivity contribution >= 4 is 32.9 Å². The second-order valence-corrected chi connectivity index (χ2v) is 5.35. The Labute approximate surface area is 117 Å². The van der Waals surface area contributed by atoms with E-state index in [0.717, 1.165) is 15.2 Å². The summed E-state index contributed by atoms with van der Waals surface area (Å²) in [7, 11) is 0. The van der Waals surface area contributed by atoms with E-state index in [2.05, 4.69) is 25.5 Å². The summed E-state index contributed by atoms with van der Waals surface area (Å²) in [5.41, 5.74) is 1.20. The lowest BCUT2D eigenvalue weighted by molar-refractivity contribution is -0.383. The summed E-state index contributed by atoms with van der Waals surface area (Å²) < 4.78 is 0.805. The molecule has 0 fully saturated rings. The Hall–Kier alpha value is -2.55. The fourth-order valence-corrected chi connectivity index (χ4v) is 2.71. The number of fused-ring (bicyclic) bond motifs is 1. The Balaban J connectivity index is 1.98. The van der Waals surface area contributed by atoms with Gasteiger partial charge in [-0.1, -0.05) is 0 Å². The highest BCUT2D eigenvalue weighted by atomic mass is 32.1. The number of rotatable bonds is 4. The number of H-pyrrole nitrogens is 1. The van der Waals surface area contributed by atoms with Gasteiger partial charge in [0.15, 0.2) is 0 Å². The molecule has 0 radical (unpaired) electrons. The lowest BCUT2D eigenvalue weighted by Gasteiger charge is -2.05. The monoisotopic (exact) mass is 290 g/mol. The number of nitro groups is 1. The van der Waals surface area contributed by atoms with Crippen molar-refractivity contribution in [3.63, 3.8) is 0 Å². The van der Waals surface area contributed by atoms with Gasteiger partial charge in [-0.25, -0.2) is 9.97 Å². The minimum atomic E-state index is -0.406. The number of anilines is 1. The van der Waals surface area contributed by atoms with Crippen molar-refractivity contribution < 1.29 is 4.92 Å². The molecule has 3 aromatic rings. The van der Waals surface area contributed by atoms with E-state index in [-0.39, 0.29) is 5.69 Å². The van der Waals surface area contributed by atoms with Crippen LogP contribution in [0, 0.1) is 17.0 Å². The summed E-state index contributed by atoms with van der Waals surface area (Å²) in [6.07, 6.45) is 1.39. The predicted octanol–water partition coefficient (Wildman–Crippen LogP) is 2.24. The molecule has 0 atom stereocenters. The Kier molecular flexibility index (Phi) is 3.03. The summed E-state index contributed by atoms with van der Waals surface area (Å²) in [6.45, 7) is 2.20. The van der Waals surface area contributed by atoms with Crippen LogP contribution in [0.3, 0.4) is 0 Å². The molecule has 0 saturated heterocycles. The van der Waals surface area contributed by atoms with Crippen LogP contribution in [-0.4, -0.2) is 25.1 Å². The molecule has 1 aromatic carbocycles. The van der Waals surface area contributed by atoms with E-state index in [4.69, 9.17) is 0 Å². The molecule has 8 nitrogen and oxygen atoms in total. The third kappa shape index (κ3) is 2.30. The quantitative estimate of drug-likeness (QED) is 0.563. The van der Waals surface area contributed by atoms with E-state index in [0.29, 0.717) is 18.1 Å². The summed E-state index contributed by atoms with van der Waals surface area (Å²) in [4.78, 5) is 19.0. The summed E-state index contributed by atoms with van der Waals surface area (Å²) in [5, 5.41) is 21.4. The van der Waals surface area contributed by atoms with E-state index in [1.165, 1.54) is 17.7 Å². The van der Waals surface area contributed by atoms with Gasteiger partial charge < -0.3 is 5.32 Å². The van der Waals surface area contributed by atoms with Crippen LogP contribution in [0.1, 0.15) is 10.8 Å². The first kappa shape index (κ1) is 12.5. The molecule has 0 amide bonds. The van der Waals surface area contributed by atoms with Gasteiger partial charge in [0, 0.05) is 6.07 Å². The maximum atomic E-state index is 11.1. The topological polar surface area (TPSA) is 110 Å². The normalized spacial score (nSPS) is 10.8. The molecule has 0 aliphatic rings. The van der Waals surface area contributed by atoms with Crippen molar-refractivity contribution in [2.24, 2.45) is 0 Å². The molecule has 2 heterocycles. The lowest BCUT2D eigenvalue weighted by atomic mass is 10.2. The van der Waals surface area contributed by atoms with Gasteiger partial charge in [-0.05, 0) is 13.0 Å². The molecule has 3 rings (SSSR count). The number of nitrogens with zero attached hydrogens (tertiary/aromatic N) is 4. The van der Waals surface area contributed by atoms with Gasteiger partial charge in [-0.2, -0.15) is 5.10 Å². The van der Waals surface area contributed by atoms with Gasteiger partial charge in [-0.3, -0.25) is 15.2 Å². The number of aryl methyl sites for hydroxylation is 1. The van der Waals surface area contributed by atoms with Crippen LogP contribution < -0.4 is 5.32 Å². The second kappa shape index (κ2) is 4.85. The maximum absolute atomic E-state index is 11.1. The average Bonchev–Trinajstić information content (AvgIpc) is 3.02. The Morgan fingerprint density at radius 2 is 2.35 bits per heavy atom. The third-order valence-corrected chi connectivity index (χ3v) is 3.65. The standard InChI is InChI=1S/C11H10N6O2S/c1-6-15-8-2-7(12-4-11-13-5-14-16-11)9(17(18)19)3-10(8)20-6/h2-3,5,12H,4H2,1H3,(H,13,14,16). The van der Waals surface area contributed by atoms with Crippen molar-refractivity contribution in [2.45, 2.75) is 13.5 Å². The minimum Gasteiger partial charge on any atom is -0.372 e. The molecule has 0 unspecified atom stereocenters. The smallest absolute Gasteiger partial charge is 0.293 e. The zero-order valence-electron chi connectivity index (χ0n) is 10.5. The largest absolute Gasteiger partial charge is 0.372 e. The fourth-order valence-electron chi connectivity index (χ4n) is 1.87. The molecule has 2 N–H and O–H groups in total. The van der Waals surface area contributed by atoms with E-state index >= 15 is 0 Å². The van der Waals surface area contributed by atoms with E-state index in [1.807, 2.05) is 6.92 Å². The van der Waals surface area contributed by atoms with Gasteiger partial charge in [0.2, 0.25) is 0 Å². The zero-order valence-corrected chi connectivity index (χ0v) is 11.3. The first-order valence-electron chi connectivity index (χ1n) is 5.77. The number of aromatic nitrogens is 4. The van der Waals surface area contributed by atoms with E-state index in [9.17, 15) is 10.1 Å². The summed E-state index contributed by atoms with van der Waals surface area (Å²) in [5.74, 6) is 0.605. The first-order chi connectivity index (χ1) is 9.63. The molecular formula is C11H10N6O2S. The highest BCUT2D eigenvalue weighted by Gasteiger charge is 2.17. The lowest BCUT2D eigenvalue weighted by Crippen LogP contribution is -2.04. The van der Waals surface area contributed by atoms with Crippen molar-refractivity contribution in [2.75, 3.05) is 5.32 Å². The van der Waals surface area contributed by atoms with Crippen molar-refractivity contribution in [1.82, 2.24) is 20.2 Å². The predicted molar refractivity (Wildman–Crippen MR) is 74.7 cm³/mol. The van der Waals surface area contributed by atoms with Crippen LogP contribution in [0.25, 0.3) is 10.2 Å². The molecule has 0 spiro atoms. The SMILES string of the molecule is Cc1nc2cc(NCc3ncn[nH]3)c([N+](=O)[O-])cc2s1. The Bertz CT molecular complexity index is 767. The Morgan fingerprint density at radius 1 is 1.50 bits per heavy atom.